The second-order valence-electron chi connectivity index (χ2n) is 6.00. The number of hydrogen-bond acceptors (Lipinski definition) is 5. The van der Waals surface area contributed by atoms with Crippen LogP contribution in [0.5, 0.6) is 5.75 Å². The lowest BCUT2D eigenvalue weighted by atomic mass is 10.1. The summed E-state index contributed by atoms with van der Waals surface area (Å²) in [4.78, 5) is 37.7. The van der Waals surface area contributed by atoms with Crippen molar-refractivity contribution in [2.75, 3.05) is 34.4 Å². The molecular formula is C17H21N5O4. The molecule has 1 aromatic rings. The van der Waals surface area contributed by atoms with Gasteiger partial charge in [-0.25, -0.2) is 9.79 Å². The Hall–Kier alpha value is -2.94. The third kappa shape index (κ3) is 3.01. The number of amidine groups is 1. The van der Waals surface area contributed by atoms with Gasteiger partial charge >= 0.3 is 6.03 Å². The van der Waals surface area contributed by atoms with E-state index in [1.54, 1.807) is 19.1 Å². The van der Waals surface area contributed by atoms with E-state index >= 15 is 0 Å². The van der Waals surface area contributed by atoms with Gasteiger partial charge in [0.15, 0.2) is 6.04 Å². The fourth-order valence-corrected chi connectivity index (χ4v) is 2.99. The zero-order valence-electron chi connectivity index (χ0n) is 14.9. The van der Waals surface area contributed by atoms with E-state index < -0.39 is 12.1 Å². The van der Waals surface area contributed by atoms with E-state index in [0.717, 1.165) is 10.5 Å². The summed E-state index contributed by atoms with van der Waals surface area (Å²) in [6.45, 7) is 0.393. The molecule has 0 saturated carbocycles. The molecule has 0 radical (unpaired) electrons. The number of nitrogens with zero attached hydrogens (tertiary/aromatic N) is 5. The lowest BCUT2D eigenvalue weighted by molar-refractivity contribution is -0.130. The Kier molecular flexibility index (Phi) is 4.90. The van der Waals surface area contributed by atoms with E-state index in [4.69, 9.17) is 9.84 Å². The van der Waals surface area contributed by atoms with Gasteiger partial charge in [0.1, 0.15) is 11.6 Å². The molecule has 0 bridgehead atoms. The van der Waals surface area contributed by atoms with Gasteiger partial charge in [0, 0.05) is 20.6 Å². The van der Waals surface area contributed by atoms with Gasteiger partial charge in [-0.05, 0) is 17.7 Å². The summed E-state index contributed by atoms with van der Waals surface area (Å²) in [6, 6.07) is 6.31. The van der Waals surface area contributed by atoms with Gasteiger partial charge in [0.2, 0.25) is 5.96 Å². The SMILES string of the molecule is COc1cccc(CN2C(=NCCO)N=C3C2C(=O)N(C)C(=O)N3C)c1. The fraction of sp³-hybridized carbons (Fsp3) is 0.412. The molecule has 1 saturated heterocycles. The summed E-state index contributed by atoms with van der Waals surface area (Å²) < 4.78 is 5.25. The molecule has 3 amide bonds. The van der Waals surface area contributed by atoms with Gasteiger partial charge in [-0.3, -0.25) is 14.6 Å². The largest absolute Gasteiger partial charge is 0.497 e. The minimum atomic E-state index is -0.730. The number of carbonyl (C=O) groups excluding carboxylic acids is 2. The fourth-order valence-electron chi connectivity index (χ4n) is 2.99. The first-order valence-electron chi connectivity index (χ1n) is 8.16. The number of likely N-dealkylation sites (N-methyl/N-ethyl adjacent to an activating group) is 2. The molecule has 1 aromatic carbocycles. The number of methoxy groups -OCH3 is 1. The van der Waals surface area contributed by atoms with E-state index in [0.29, 0.717) is 24.1 Å². The summed E-state index contributed by atoms with van der Waals surface area (Å²) >= 11 is 0. The van der Waals surface area contributed by atoms with Crippen LogP contribution in [0, 0.1) is 0 Å². The Labute approximate surface area is 151 Å². The number of carbonyl (C=O) groups is 2. The number of ether oxygens (including phenoxy) is 1. The zero-order valence-corrected chi connectivity index (χ0v) is 14.9. The van der Waals surface area contributed by atoms with E-state index in [2.05, 4.69) is 9.98 Å². The second-order valence-corrected chi connectivity index (χ2v) is 6.00. The third-order valence-electron chi connectivity index (χ3n) is 4.35. The van der Waals surface area contributed by atoms with Crippen molar-refractivity contribution in [3.05, 3.63) is 29.8 Å². The molecule has 1 unspecified atom stereocenters. The Morgan fingerprint density at radius 2 is 2.04 bits per heavy atom. The zero-order chi connectivity index (χ0) is 18.8. The van der Waals surface area contributed by atoms with Crippen molar-refractivity contribution in [2.24, 2.45) is 9.98 Å². The van der Waals surface area contributed by atoms with Gasteiger partial charge < -0.3 is 14.7 Å². The number of aliphatic hydroxyl groups is 1. The van der Waals surface area contributed by atoms with Crippen molar-refractivity contribution in [1.29, 1.82) is 0 Å². The number of aliphatic hydroxyl groups excluding tert-OH is 1. The van der Waals surface area contributed by atoms with Gasteiger partial charge in [0.05, 0.1) is 20.3 Å². The number of hydrogen-bond donors (Lipinski definition) is 1. The average molecular weight is 359 g/mol. The predicted octanol–water partition coefficient (Wildman–Crippen LogP) is 0.150. The highest BCUT2D eigenvalue weighted by molar-refractivity contribution is 6.25. The molecule has 1 N–H and O–H groups in total. The van der Waals surface area contributed by atoms with Crippen molar-refractivity contribution >= 4 is 23.7 Å². The van der Waals surface area contributed by atoms with E-state index in [1.165, 1.54) is 11.9 Å². The van der Waals surface area contributed by atoms with Crippen molar-refractivity contribution < 1.29 is 19.4 Å². The molecule has 0 aliphatic carbocycles. The summed E-state index contributed by atoms with van der Waals surface area (Å²) in [5.41, 5.74) is 0.910. The topological polar surface area (TPSA) is 98.0 Å². The van der Waals surface area contributed by atoms with Crippen molar-refractivity contribution in [1.82, 2.24) is 14.7 Å². The standard InChI is InChI=1S/C17H21N5O4/c1-20-14-13(15(24)21(2)17(20)25)22(16(19-14)18-7-8-23)10-11-5-4-6-12(9-11)26-3/h4-6,9,13,23H,7-8,10H2,1-3H3. The van der Waals surface area contributed by atoms with Crippen molar-refractivity contribution in [3.63, 3.8) is 0 Å². The van der Waals surface area contributed by atoms with Crippen molar-refractivity contribution in [3.8, 4) is 5.75 Å². The Bertz CT molecular complexity index is 791. The van der Waals surface area contributed by atoms with Crippen LogP contribution in [0.25, 0.3) is 0 Å². The van der Waals surface area contributed by atoms with Crippen LogP contribution in [0.4, 0.5) is 4.79 Å². The molecule has 9 nitrogen and oxygen atoms in total. The number of urea groups is 1. The lowest BCUT2D eigenvalue weighted by Gasteiger charge is -2.36. The Morgan fingerprint density at radius 1 is 1.27 bits per heavy atom. The summed E-state index contributed by atoms with van der Waals surface area (Å²) in [5.74, 6) is 1.02. The summed E-state index contributed by atoms with van der Waals surface area (Å²) in [6.07, 6.45) is 0. The van der Waals surface area contributed by atoms with Crippen LogP contribution < -0.4 is 4.74 Å². The number of aliphatic imine (C=N–C) groups is 2. The molecule has 0 spiro atoms. The molecule has 1 atom stereocenters. The molecule has 2 aliphatic heterocycles. The number of rotatable bonds is 5. The highest BCUT2D eigenvalue weighted by atomic mass is 16.5. The molecular weight excluding hydrogens is 338 g/mol. The van der Waals surface area contributed by atoms with Gasteiger partial charge in [0.25, 0.3) is 5.91 Å². The lowest BCUT2D eigenvalue weighted by Crippen LogP contribution is -2.62. The second kappa shape index (κ2) is 7.12. The first-order chi connectivity index (χ1) is 12.5. The molecule has 1 fully saturated rings. The molecule has 2 heterocycles. The number of guanidine groups is 1. The molecule has 2 aliphatic rings. The quantitative estimate of drug-likeness (QED) is 0.807. The average Bonchev–Trinajstić information content (AvgIpc) is 3.01. The van der Waals surface area contributed by atoms with Crippen LogP contribution in [0.3, 0.4) is 0 Å². The van der Waals surface area contributed by atoms with E-state index in [-0.39, 0.29) is 19.1 Å². The smallest absolute Gasteiger partial charge is 0.331 e. The van der Waals surface area contributed by atoms with Crippen LogP contribution in [0.1, 0.15) is 5.56 Å². The first-order valence-corrected chi connectivity index (χ1v) is 8.16. The Balaban J connectivity index is 1.97. The molecule has 26 heavy (non-hydrogen) atoms. The summed E-state index contributed by atoms with van der Waals surface area (Å²) in [7, 11) is 4.62. The number of fused-ring (bicyclic) bond motifs is 1. The molecule has 138 valence electrons. The van der Waals surface area contributed by atoms with Crippen LogP contribution in [-0.2, 0) is 11.3 Å². The maximum atomic E-state index is 12.7. The minimum absolute atomic E-state index is 0.130. The minimum Gasteiger partial charge on any atom is -0.497 e. The van der Waals surface area contributed by atoms with Crippen LogP contribution >= 0.6 is 0 Å². The van der Waals surface area contributed by atoms with Crippen LogP contribution in [0.15, 0.2) is 34.3 Å². The van der Waals surface area contributed by atoms with Crippen LogP contribution in [-0.4, -0.2) is 83.9 Å². The normalized spacial score (nSPS) is 21.4. The van der Waals surface area contributed by atoms with Crippen LogP contribution in [0.2, 0.25) is 0 Å². The molecule has 3 rings (SSSR count). The first kappa shape index (κ1) is 17.9. The van der Waals surface area contributed by atoms with Gasteiger partial charge in [-0.2, -0.15) is 4.99 Å². The summed E-state index contributed by atoms with van der Waals surface area (Å²) in [5, 5.41) is 9.09. The number of amides is 3. The maximum absolute atomic E-state index is 12.7. The maximum Gasteiger partial charge on any atom is 0.331 e. The van der Waals surface area contributed by atoms with Gasteiger partial charge in [-0.1, -0.05) is 12.1 Å². The number of benzene rings is 1. The predicted molar refractivity (Wildman–Crippen MR) is 95.1 cm³/mol. The monoisotopic (exact) mass is 359 g/mol. The highest BCUT2D eigenvalue weighted by Crippen LogP contribution is 2.25. The third-order valence-corrected chi connectivity index (χ3v) is 4.35. The van der Waals surface area contributed by atoms with E-state index in [9.17, 15) is 9.59 Å². The molecule has 0 aromatic heterocycles. The van der Waals surface area contributed by atoms with E-state index in [1.807, 2.05) is 24.3 Å². The Morgan fingerprint density at radius 3 is 2.73 bits per heavy atom. The van der Waals surface area contributed by atoms with Crippen molar-refractivity contribution in [2.45, 2.75) is 12.6 Å². The number of imide groups is 1. The highest BCUT2D eigenvalue weighted by Gasteiger charge is 2.48. The van der Waals surface area contributed by atoms with Gasteiger partial charge in [-0.15, -0.1) is 0 Å². The molecule has 9 heteroatoms.